The van der Waals surface area contributed by atoms with Gasteiger partial charge in [-0.2, -0.15) is 0 Å². The van der Waals surface area contributed by atoms with Crippen LogP contribution < -0.4 is 14.8 Å². The molecule has 2 amide bonds. The molecule has 1 saturated heterocycles. The Hall–Kier alpha value is -2.99. The van der Waals surface area contributed by atoms with E-state index in [0.29, 0.717) is 40.9 Å². The quantitative estimate of drug-likeness (QED) is 0.685. The Morgan fingerprint density at radius 1 is 1.07 bits per heavy atom. The average molecular weight is 429 g/mol. The van der Waals surface area contributed by atoms with Gasteiger partial charge < -0.3 is 19.7 Å². The van der Waals surface area contributed by atoms with E-state index in [1.807, 2.05) is 19.1 Å². The second-order valence-electron chi connectivity index (χ2n) is 7.08. The van der Waals surface area contributed by atoms with Gasteiger partial charge in [0.25, 0.3) is 5.91 Å². The van der Waals surface area contributed by atoms with Gasteiger partial charge in [0, 0.05) is 30.3 Å². The fourth-order valence-electron chi connectivity index (χ4n) is 3.31. The first-order valence-corrected chi connectivity index (χ1v) is 10.1. The Balaban J connectivity index is 1.86. The molecule has 0 aromatic heterocycles. The predicted octanol–water partition coefficient (Wildman–Crippen LogP) is 4.55. The molecule has 7 heteroatoms. The van der Waals surface area contributed by atoms with Crippen molar-refractivity contribution in [3.63, 3.8) is 0 Å². The van der Waals surface area contributed by atoms with Gasteiger partial charge in [0.2, 0.25) is 5.91 Å². The minimum atomic E-state index is -0.366. The summed E-state index contributed by atoms with van der Waals surface area (Å²) in [5, 5.41) is 3.43. The first kappa shape index (κ1) is 21.7. The van der Waals surface area contributed by atoms with Gasteiger partial charge in [-0.3, -0.25) is 9.59 Å². The fraction of sp³-hybridized carbons (Fsp3) is 0.304. The van der Waals surface area contributed by atoms with Crippen LogP contribution in [0.4, 0.5) is 5.69 Å². The lowest BCUT2D eigenvalue weighted by Crippen LogP contribution is -2.28. The van der Waals surface area contributed by atoms with E-state index in [-0.39, 0.29) is 11.8 Å². The molecular formula is C23H25ClN2O4. The molecule has 30 heavy (non-hydrogen) atoms. The third-order valence-electron chi connectivity index (χ3n) is 5.03. The minimum Gasteiger partial charge on any atom is -0.493 e. The molecule has 158 valence electrons. The number of benzene rings is 2. The largest absolute Gasteiger partial charge is 0.493 e. The van der Waals surface area contributed by atoms with Crippen molar-refractivity contribution in [1.82, 2.24) is 4.90 Å². The van der Waals surface area contributed by atoms with Crippen LogP contribution in [0.2, 0.25) is 5.02 Å². The zero-order chi connectivity index (χ0) is 21.7. The summed E-state index contributed by atoms with van der Waals surface area (Å²) in [6.45, 7) is 3.32. The van der Waals surface area contributed by atoms with E-state index in [9.17, 15) is 9.59 Å². The number of halogens is 1. The number of methoxy groups -OCH3 is 2. The highest BCUT2D eigenvalue weighted by Crippen LogP contribution is 2.34. The lowest BCUT2D eigenvalue weighted by Gasteiger charge is -2.19. The fourth-order valence-corrected chi connectivity index (χ4v) is 3.50. The number of amides is 2. The van der Waals surface area contributed by atoms with E-state index in [0.717, 1.165) is 24.0 Å². The number of hydrogen-bond acceptors (Lipinski definition) is 4. The van der Waals surface area contributed by atoms with Gasteiger partial charge >= 0.3 is 0 Å². The van der Waals surface area contributed by atoms with Gasteiger partial charge in [-0.1, -0.05) is 23.7 Å². The molecule has 0 bridgehead atoms. The third-order valence-corrected chi connectivity index (χ3v) is 5.44. The number of rotatable bonds is 6. The normalized spacial score (nSPS) is 13.5. The molecule has 2 aromatic rings. The zero-order valence-corrected chi connectivity index (χ0v) is 18.1. The molecule has 3 rings (SSSR count). The molecular weight excluding hydrogens is 404 g/mol. The number of carbonyl (C=O) groups is 2. The van der Waals surface area contributed by atoms with Gasteiger partial charge in [-0.05, 0) is 49.1 Å². The van der Waals surface area contributed by atoms with E-state index in [1.165, 1.54) is 20.3 Å². The van der Waals surface area contributed by atoms with E-state index in [2.05, 4.69) is 5.32 Å². The van der Waals surface area contributed by atoms with Crippen LogP contribution in [0.15, 0.2) is 36.4 Å². The molecule has 1 fully saturated rings. The number of hydrogen-bond donors (Lipinski definition) is 1. The van der Waals surface area contributed by atoms with Gasteiger partial charge in [-0.25, -0.2) is 0 Å². The van der Waals surface area contributed by atoms with Crippen molar-refractivity contribution in [2.75, 3.05) is 32.6 Å². The molecule has 1 heterocycles. The van der Waals surface area contributed by atoms with Crippen LogP contribution in [-0.4, -0.2) is 44.0 Å². The Bertz CT molecular complexity index is 981. The van der Waals surface area contributed by atoms with Crippen molar-refractivity contribution in [3.8, 4) is 11.5 Å². The lowest BCUT2D eigenvalue weighted by atomic mass is 10.1. The summed E-state index contributed by atoms with van der Waals surface area (Å²) in [5.74, 6) is 0.357. The maximum atomic E-state index is 13.0. The minimum absolute atomic E-state index is 0.141. The van der Waals surface area contributed by atoms with Crippen molar-refractivity contribution < 1.29 is 19.1 Å². The van der Waals surface area contributed by atoms with Crippen LogP contribution in [0.5, 0.6) is 11.5 Å². The maximum absolute atomic E-state index is 13.0. The van der Waals surface area contributed by atoms with Crippen molar-refractivity contribution in [2.45, 2.75) is 19.8 Å². The number of nitrogens with zero attached hydrogens (tertiary/aromatic N) is 1. The molecule has 1 N–H and O–H groups in total. The standard InChI is InChI=1S/C23H25ClN2O4/c1-15-6-7-16(12-18(15)24)8-9-22(27)25-19-14-21(30-3)20(29-2)13-17(19)23(28)26-10-4-5-11-26/h6-9,12-14H,4-5,10-11H2,1-3H3,(H,25,27)/b9-8+. The zero-order valence-electron chi connectivity index (χ0n) is 17.3. The lowest BCUT2D eigenvalue weighted by molar-refractivity contribution is -0.111. The molecule has 1 aliphatic heterocycles. The molecule has 6 nitrogen and oxygen atoms in total. The maximum Gasteiger partial charge on any atom is 0.256 e. The van der Waals surface area contributed by atoms with E-state index < -0.39 is 0 Å². The molecule has 1 aliphatic rings. The number of aryl methyl sites for hydroxylation is 1. The number of ether oxygens (including phenoxy) is 2. The SMILES string of the molecule is COc1cc(NC(=O)/C=C/c2ccc(C)c(Cl)c2)c(C(=O)N2CCCC2)cc1OC. The summed E-state index contributed by atoms with van der Waals surface area (Å²) in [7, 11) is 3.02. The van der Waals surface area contributed by atoms with Crippen molar-refractivity contribution in [2.24, 2.45) is 0 Å². The Morgan fingerprint density at radius 3 is 2.37 bits per heavy atom. The van der Waals surface area contributed by atoms with Gasteiger partial charge in [0.15, 0.2) is 11.5 Å². The van der Waals surface area contributed by atoms with Crippen LogP contribution in [0.25, 0.3) is 6.08 Å². The molecule has 0 aliphatic carbocycles. The Morgan fingerprint density at radius 2 is 1.73 bits per heavy atom. The Labute approximate surface area is 181 Å². The van der Waals surface area contributed by atoms with Crippen LogP contribution >= 0.6 is 11.6 Å². The molecule has 0 radical (unpaired) electrons. The molecule has 0 spiro atoms. The highest BCUT2D eigenvalue weighted by Gasteiger charge is 2.24. The van der Waals surface area contributed by atoms with Crippen LogP contribution in [0, 0.1) is 6.92 Å². The van der Waals surface area contributed by atoms with Gasteiger partial charge in [0.1, 0.15) is 0 Å². The number of nitrogens with one attached hydrogen (secondary N) is 1. The van der Waals surface area contributed by atoms with Gasteiger partial charge in [0.05, 0.1) is 25.5 Å². The van der Waals surface area contributed by atoms with Crippen LogP contribution in [0.3, 0.4) is 0 Å². The monoisotopic (exact) mass is 428 g/mol. The predicted molar refractivity (Wildman–Crippen MR) is 119 cm³/mol. The van der Waals surface area contributed by atoms with Crippen LogP contribution in [0.1, 0.15) is 34.3 Å². The second kappa shape index (κ2) is 9.67. The van der Waals surface area contributed by atoms with Crippen molar-refractivity contribution >= 4 is 35.2 Å². The van der Waals surface area contributed by atoms with E-state index >= 15 is 0 Å². The average Bonchev–Trinajstić information content (AvgIpc) is 3.28. The summed E-state index contributed by atoms with van der Waals surface area (Å²) < 4.78 is 10.7. The smallest absolute Gasteiger partial charge is 0.256 e. The third kappa shape index (κ3) is 4.94. The molecule has 0 unspecified atom stereocenters. The summed E-state index contributed by atoms with van der Waals surface area (Å²) in [6, 6.07) is 8.78. The molecule has 0 atom stereocenters. The first-order valence-electron chi connectivity index (χ1n) is 9.73. The molecule has 0 saturated carbocycles. The first-order chi connectivity index (χ1) is 14.4. The summed E-state index contributed by atoms with van der Waals surface area (Å²) >= 11 is 6.14. The summed E-state index contributed by atoms with van der Waals surface area (Å²) in [6.07, 6.45) is 5.02. The van der Waals surface area contributed by atoms with Gasteiger partial charge in [-0.15, -0.1) is 0 Å². The van der Waals surface area contributed by atoms with Crippen molar-refractivity contribution in [3.05, 3.63) is 58.1 Å². The molecule has 2 aromatic carbocycles. The van der Waals surface area contributed by atoms with E-state index in [1.54, 1.807) is 29.2 Å². The highest BCUT2D eigenvalue weighted by atomic mass is 35.5. The van der Waals surface area contributed by atoms with Crippen molar-refractivity contribution in [1.29, 1.82) is 0 Å². The second-order valence-corrected chi connectivity index (χ2v) is 7.49. The van der Waals surface area contributed by atoms with E-state index in [4.69, 9.17) is 21.1 Å². The number of likely N-dealkylation sites (tertiary alicyclic amines) is 1. The summed E-state index contributed by atoms with van der Waals surface area (Å²) in [4.78, 5) is 27.4. The number of anilines is 1. The number of carbonyl (C=O) groups excluding carboxylic acids is 2. The van der Waals surface area contributed by atoms with Crippen LogP contribution in [-0.2, 0) is 4.79 Å². The topological polar surface area (TPSA) is 67.9 Å². The Kier molecular flexibility index (Phi) is 7.00. The summed E-state index contributed by atoms with van der Waals surface area (Å²) in [5.41, 5.74) is 2.52. The highest BCUT2D eigenvalue weighted by molar-refractivity contribution is 6.31.